The third kappa shape index (κ3) is 6.20. The minimum atomic E-state index is -0.240. The molecule has 8 nitrogen and oxygen atoms in total. The summed E-state index contributed by atoms with van der Waals surface area (Å²) in [6, 6.07) is 21.0. The van der Waals surface area contributed by atoms with Gasteiger partial charge in [-0.3, -0.25) is 9.59 Å². The van der Waals surface area contributed by atoms with Crippen molar-refractivity contribution in [2.45, 2.75) is 6.42 Å². The molecule has 0 bridgehead atoms. The molecule has 0 atom stereocenters. The van der Waals surface area contributed by atoms with E-state index in [1.165, 1.54) is 11.3 Å². The van der Waals surface area contributed by atoms with Gasteiger partial charge in [0.15, 0.2) is 0 Å². The lowest BCUT2D eigenvalue weighted by atomic mass is 10.1. The number of aromatic nitrogens is 2. The highest BCUT2D eigenvalue weighted by molar-refractivity contribution is 7.18. The number of benzene rings is 3. The van der Waals surface area contributed by atoms with Crippen molar-refractivity contribution in [3.63, 3.8) is 0 Å². The van der Waals surface area contributed by atoms with E-state index in [4.69, 9.17) is 9.47 Å². The van der Waals surface area contributed by atoms with Crippen LogP contribution in [0.3, 0.4) is 0 Å². The van der Waals surface area contributed by atoms with Crippen molar-refractivity contribution in [1.29, 1.82) is 0 Å². The van der Waals surface area contributed by atoms with Crippen molar-refractivity contribution >= 4 is 39.1 Å². The molecule has 0 spiro atoms. The van der Waals surface area contributed by atoms with Gasteiger partial charge in [0.1, 0.15) is 10.8 Å². The summed E-state index contributed by atoms with van der Waals surface area (Å²) in [5.41, 5.74) is 1.46. The summed E-state index contributed by atoms with van der Waals surface area (Å²) in [5, 5.41) is 14.2. The molecule has 0 aliphatic rings. The Labute approximate surface area is 207 Å². The largest absolute Gasteiger partial charge is 0.497 e. The molecule has 3 aromatic carbocycles. The second-order valence-electron chi connectivity index (χ2n) is 7.79. The molecule has 4 rings (SSSR count). The predicted molar refractivity (Wildman–Crippen MR) is 137 cm³/mol. The Bertz CT molecular complexity index is 1310. The van der Waals surface area contributed by atoms with Gasteiger partial charge in [0.05, 0.1) is 13.7 Å². The van der Waals surface area contributed by atoms with E-state index < -0.39 is 0 Å². The molecule has 0 aliphatic heterocycles. The second-order valence-corrected chi connectivity index (χ2v) is 8.76. The van der Waals surface area contributed by atoms with Crippen LogP contribution in [0.5, 0.6) is 5.75 Å². The number of ether oxygens (including phenoxy) is 2. The number of nitrogens with one attached hydrogen (secondary N) is 1. The van der Waals surface area contributed by atoms with Gasteiger partial charge in [0, 0.05) is 37.7 Å². The van der Waals surface area contributed by atoms with Crippen LogP contribution in [0.25, 0.3) is 21.3 Å². The molecule has 0 saturated heterocycles. The molecule has 2 amide bonds. The Hall–Kier alpha value is -3.82. The van der Waals surface area contributed by atoms with Crippen LogP contribution < -0.4 is 10.1 Å². The van der Waals surface area contributed by atoms with Gasteiger partial charge < -0.3 is 19.7 Å². The number of anilines is 1. The number of carbonyl (C=O) groups excluding carboxylic acids is 2. The molecule has 9 heteroatoms. The zero-order valence-corrected chi connectivity index (χ0v) is 20.4. The van der Waals surface area contributed by atoms with E-state index in [0.717, 1.165) is 22.1 Å². The smallest absolute Gasteiger partial charge is 0.253 e. The van der Waals surface area contributed by atoms with Gasteiger partial charge in [-0.2, -0.15) is 0 Å². The van der Waals surface area contributed by atoms with Crippen LogP contribution in [0.4, 0.5) is 5.13 Å². The standard InChI is InChI=1S/C26H26N4O4S/c1-33-16-15-30(25(32)21-8-7-18-5-3-4-6-20(18)17-21)14-13-23(31)27-26-29-28-24(35-26)19-9-11-22(34-2)12-10-19/h3-12,17H,13-16H2,1-2H3,(H,27,29,31). The van der Waals surface area contributed by atoms with E-state index in [2.05, 4.69) is 15.5 Å². The number of nitrogens with zero attached hydrogens (tertiary/aromatic N) is 3. The molecule has 4 aromatic rings. The molecule has 1 heterocycles. The number of carbonyl (C=O) groups is 2. The topological polar surface area (TPSA) is 93.7 Å². The maximum absolute atomic E-state index is 13.2. The average Bonchev–Trinajstić information content (AvgIpc) is 3.36. The highest BCUT2D eigenvalue weighted by atomic mass is 32.1. The average molecular weight is 491 g/mol. The summed E-state index contributed by atoms with van der Waals surface area (Å²) < 4.78 is 10.3. The minimum Gasteiger partial charge on any atom is -0.497 e. The summed E-state index contributed by atoms with van der Waals surface area (Å²) in [6.45, 7) is 1.02. The predicted octanol–water partition coefficient (Wildman–Crippen LogP) is 4.48. The fourth-order valence-electron chi connectivity index (χ4n) is 3.56. The van der Waals surface area contributed by atoms with Crippen LogP contribution in [-0.4, -0.2) is 60.8 Å². The Morgan fingerprint density at radius 2 is 1.71 bits per heavy atom. The van der Waals surface area contributed by atoms with Crippen LogP contribution in [0.2, 0.25) is 0 Å². The van der Waals surface area contributed by atoms with Crippen LogP contribution in [0.15, 0.2) is 66.7 Å². The van der Waals surface area contributed by atoms with E-state index in [1.807, 2.05) is 66.7 Å². The monoisotopic (exact) mass is 490 g/mol. The molecule has 1 N–H and O–H groups in total. The first-order chi connectivity index (χ1) is 17.1. The summed E-state index contributed by atoms with van der Waals surface area (Å²) >= 11 is 1.28. The summed E-state index contributed by atoms with van der Waals surface area (Å²) in [5.74, 6) is 0.373. The van der Waals surface area contributed by atoms with Gasteiger partial charge in [-0.1, -0.05) is 41.7 Å². The molecule has 1 aromatic heterocycles. The lowest BCUT2D eigenvalue weighted by Gasteiger charge is -2.22. The highest BCUT2D eigenvalue weighted by Crippen LogP contribution is 2.27. The first kappa shape index (κ1) is 24.3. The van der Waals surface area contributed by atoms with Crippen LogP contribution >= 0.6 is 11.3 Å². The van der Waals surface area contributed by atoms with Gasteiger partial charge in [-0.25, -0.2) is 0 Å². The number of hydrogen-bond donors (Lipinski definition) is 1. The fourth-order valence-corrected chi connectivity index (χ4v) is 4.33. The van der Waals surface area contributed by atoms with Gasteiger partial charge >= 0.3 is 0 Å². The zero-order chi connectivity index (χ0) is 24.6. The number of amides is 2. The second kappa shape index (κ2) is 11.5. The molecule has 0 aliphatic carbocycles. The maximum atomic E-state index is 13.2. The molecular weight excluding hydrogens is 464 g/mol. The van der Waals surface area contributed by atoms with Crippen LogP contribution in [0.1, 0.15) is 16.8 Å². The number of rotatable bonds is 10. The van der Waals surface area contributed by atoms with Crippen molar-refractivity contribution in [2.75, 3.05) is 39.2 Å². The minimum absolute atomic E-state index is 0.125. The number of methoxy groups -OCH3 is 2. The molecule has 0 fully saturated rings. The molecule has 0 unspecified atom stereocenters. The van der Waals surface area contributed by atoms with Gasteiger partial charge in [0.2, 0.25) is 11.0 Å². The highest BCUT2D eigenvalue weighted by Gasteiger charge is 2.18. The van der Waals surface area contributed by atoms with Crippen molar-refractivity contribution in [3.05, 3.63) is 72.3 Å². The van der Waals surface area contributed by atoms with Crippen molar-refractivity contribution in [2.24, 2.45) is 0 Å². The molecular formula is C26H26N4O4S. The third-order valence-corrected chi connectivity index (χ3v) is 6.35. The Morgan fingerprint density at radius 1 is 0.943 bits per heavy atom. The van der Waals surface area contributed by atoms with E-state index in [1.54, 1.807) is 19.1 Å². The number of fused-ring (bicyclic) bond motifs is 1. The third-order valence-electron chi connectivity index (χ3n) is 5.47. The number of hydrogen-bond acceptors (Lipinski definition) is 7. The Kier molecular flexibility index (Phi) is 8.02. The van der Waals surface area contributed by atoms with Crippen LogP contribution in [-0.2, 0) is 9.53 Å². The molecule has 0 radical (unpaired) electrons. The van der Waals surface area contributed by atoms with Crippen LogP contribution in [0, 0.1) is 0 Å². The Balaban J connectivity index is 1.38. The summed E-state index contributed by atoms with van der Waals surface area (Å²) in [6.07, 6.45) is 0.125. The van der Waals surface area contributed by atoms with E-state index >= 15 is 0 Å². The van der Waals surface area contributed by atoms with E-state index in [9.17, 15) is 9.59 Å². The first-order valence-corrected chi connectivity index (χ1v) is 11.9. The SMILES string of the molecule is COCCN(CCC(=O)Nc1nnc(-c2ccc(OC)cc2)s1)C(=O)c1ccc2ccccc2c1. The molecule has 0 saturated carbocycles. The quantitative estimate of drug-likeness (QED) is 0.352. The zero-order valence-electron chi connectivity index (χ0n) is 19.6. The first-order valence-electron chi connectivity index (χ1n) is 11.1. The molecule has 180 valence electrons. The van der Waals surface area contributed by atoms with Crippen molar-refractivity contribution in [1.82, 2.24) is 15.1 Å². The van der Waals surface area contributed by atoms with Crippen molar-refractivity contribution < 1.29 is 19.1 Å². The Morgan fingerprint density at radius 3 is 2.46 bits per heavy atom. The molecule has 35 heavy (non-hydrogen) atoms. The van der Waals surface area contributed by atoms with Crippen molar-refractivity contribution in [3.8, 4) is 16.3 Å². The fraction of sp³-hybridized carbons (Fsp3) is 0.231. The normalized spacial score (nSPS) is 10.8. The summed E-state index contributed by atoms with van der Waals surface area (Å²) in [7, 11) is 3.20. The van der Waals surface area contributed by atoms with E-state index in [-0.39, 0.29) is 24.8 Å². The lowest BCUT2D eigenvalue weighted by molar-refractivity contribution is -0.116. The van der Waals surface area contributed by atoms with Gasteiger partial charge in [0.25, 0.3) is 5.91 Å². The van der Waals surface area contributed by atoms with E-state index in [0.29, 0.717) is 28.9 Å². The maximum Gasteiger partial charge on any atom is 0.253 e. The van der Waals surface area contributed by atoms with Gasteiger partial charge in [-0.05, 0) is 47.2 Å². The summed E-state index contributed by atoms with van der Waals surface area (Å²) in [4.78, 5) is 27.4. The lowest BCUT2D eigenvalue weighted by Crippen LogP contribution is -2.36. The van der Waals surface area contributed by atoms with Gasteiger partial charge in [-0.15, -0.1) is 10.2 Å².